The smallest absolute Gasteiger partial charge is 0.368 e. The highest BCUT2D eigenvalue weighted by atomic mass is 28.4. The minimum absolute atomic E-state index is 0.753. The Kier molecular flexibility index (Phi) is 4.98. The molecule has 0 aliphatic heterocycles. The summed E-state index contributed by atoms with van der Waals surface area (Å²) in [5.41, 5.74) is 0. The Morgan fingerprint density at radius 3 is 2.06 bits per heavy atom. The van der Waals surface area contributed by atoms with Crippen molar-refractivity contribution in [1.82, 2.24) is 0 Å². The van der Waals surface area contributed by atoms with Gasteiger partial charge in [-0.05, 0) is 30.3 Å². The summed E-state index contributed by atoms with van der Waals surface area (Å²) in [6, 6.07) is 7.97. The number of ether oxygens (including phenoxy) is 1. The van der Waals surface area contributed by atoms with E-state index in [1.54, 1.807) is 14.2 Å². The first kappa shape index (κ1) is 13.2. The molecule has 0 aliphatic carbocycles. The van der Waals surface area contributed by atoms with Crippen molar-refractivity contribution in [3.05, 3.63) is 24.3 Å². The molecule has 1 aromatic rings. The van der Waals surface area contributed by atoms with Crippen LogP contribution in [0.2, 0.25) is 6.55 Å². The van der Waals surface area contributed by atoms with Gasteiger partial charge in [0.25, 0.3) is 0 Å². The monoisotopic (exact) mass is 240 g/mol. The van der Waals surface area contributed by atoms with Crippen LogP contribution in [0, 0.1) is 0 Å². The van der Waals surface area contributed by atoms with E-state index in [9.17, 15) is 0 Å². The van der Waals surface area contributed by atoms with Crippen LogP contribution in [0.15, 0.2) is 24.3 Å². The van der Waals surface area contributed by atoms with Crippen molar-refractivity contribution in [3.8, 4) is 5.75 Å². The first-order valence-corrected chi connectivity index (χ1v) is 7.81. The fourth-order valence-corrected chi connectivity index (χ4v) is 2.80. The van der Waals surface area contributed by atoms with Crippen LogP contribution in [-0.4, -0.2) is 29.4 Å². The molecule has 0 unspecified atom stereocenters. The van der Waals surface area contributed by atoms with Gasteiger partial charge >= 0.3 is 8.56 Å². The van der Waals surface area contributed by atoms with E-state index in [2.05, 4.69) is 6.92 Å². The molecule has 0 radical (unpaired) electrons. The third kappa shape index (κ3) is 3.07. The molecule has 0 fully saturated rings. The molecule has 4 heteroatoms. The van der Waals surface area contributed by atoms with E-state index in [1.165, 1.54) is 0 Å². The maximum absolute atomic E-state index is 5.52. The summed E-state index contributed by atoms with van der Waals surface area (Å²) in [7, 11) is 1.20. The van der Waals surface area contributed by atoms with Crippen LogP contribution in [-0.2, 0) is 8.85 Å². The number of rotatable bonds is 6. The van der Waals surface area contributed by atoms with Crippen LogP contribution in [0.3, 0.4) is 0 Å². The highest BCUT2D eigenvalue weighted by Gasteiger charge is 2.31. The Hall–Kier alpha value is -0.843. The fourth-order valence-electron chi connectivity index (χ4n) is 1.39. The second-order valence-corrected chi connectivity index (χ2v) is 7.01. The van der Waals surface area contributed by atoms with E-state index in [0.717, 1.165) is 24.0 Å². The van der Waals surface area contributed by atoms with Crippen LogP contribution < -0.4 is 9.92 Å². The highest BCUT2D eigenvalue weighted by molar-refractivity contribution is 6.79. The van der Waals surface area contributed by atoms with Crippen molar-refractivity contribution < 1.29 is 13.6 Å². The molecule has 0 amide bonds. The molecule has 0 aromatic heterocycles. The van der Waals surface area contributed by atoms with E-state index in [0.29, 0.717) is 0 Å². The first-order valence-electron chi connectivity index (χ1n) is 5.50. The van der Waals surface area contributed by atoms with E-state index in [4.69, 9.17) is 13.6 Å². The molecule has 0 atom stereocenters. The van der Waals surface area contributed by atoms with Gasteiger partial charge in [-0.25, -0.2) is 0 Å². The molecular formula is C12H20O3Si. The van der Waals surface area contributed by atoms with Crippen LogP contribution in [0.5, 0.6) is 5.75 Å². The Morgan fingerprint density at radius 1 is 1.06 bits per heavy atom. The second-order valence-electron chi connectivity index (χ2n) is 3.73. The Labute approximate surface area is 98.6 Å². The number of hydrogen-bond donors (Lipinski definition) is 0. The molecule has 16 heavy (non-hydrogen) atoms. The molecule has 0 saturated carbocycles. The van der Waals surface area contributed by atoms with Crippen LogP contribution in [0.4, 0.5) is 0 Å². The standard InChI is InChI=1S/C12H20O3Si/c1-5-10-15-11-6-8-12(9-7-11)16(4,13-2)14-3/h6-9H,5,10H2,1-4H3. The zero-order valence-electron chi connectivity index (χ0n) is 10.4. The SMILES string of the molecule is CCCOc1ccc([Si](C)(OC)OC)cc1. The summed E-state index contributed by atoms with van der Waals surface area (Å²) in [5, 5.41) is 1.11. The Morgan fingerprint density at radius 2 is 1.62 bits per heavy atom. The van der Waals surface area contributed by atoms with Crippen molar-refractivity contribution in [1.29, 1.82) is 0 Å². The van der Waals surface area contributed by atoms with Crippen LogP contribution >= 0.6 is 0 Å². The van der Waals surface area contributed by atoms with Gasteiger partial charge in [-0.1, -0.05) is 19.1 Å². The van der Waals surface area contributed by atoms with Gasteiger partial charge in [0.05, 0.1) is 6.61 Å². The van der Waals surface area contributed by atoms with Gasteiger partial charge in [0, 0.05) is 14.2 Å². The maximum atomic E-state index is 5.52. The van der Waals surface area contributed by atoms with E-state index in [-0.39, 0.29) is 0 Å². The molecule has 1 rings (SSSR count). The maximum Gasteiger partial charge on any atom is 0.368 e. The van der Waals surface area contributed by atoms with Gasteiger partial charge in [-0.2, -0.15) is 0 Å². The van der Waals surface area contributed by atoms with Gasteiger partial charge in [-0.3, -0.25) is 0 Å². The lowest BCUT2D eigenvalue weighted by Gasteiger charge is -2.23. The summed E-state index contributed by atoms with van der Waals surface area (Å²) in [6.07, 6.45) is 1.02. The first-order chi connectivity index (χ1) is 7.66. The lowest BCUT2D eigenvalue weighted by atomic mass is 10.3. The number of hydrogen-bond acceptors (Lipinski definition) is 3. The molecule has 1 aromatic carbocycles. The summed E-state index contributed by atoms with van der Waals surface area (Å²) in [4.78, 5) is 0. The summed E-state index contributed by atoms with van der Waals surface area (Å²) < 4.78 is 16.5. The lowest BCUT2D eigenvalue weighted by Crippen LogP contribution is -2.49. The largest absolute Gasteiger partial charge is 0.494 e. The highest BCUT2D eigenvalue weighted by Crippen LogP contribution is 2.12. The van der Waals surface area contributed by atoms with Gasteiger partial charge in [0.15, 0.2) is 0 Å². The van der Waals surface area contributed by atoms with Gasteiger partial charge in [0.2, 0.25) is 0 Å². The minimum atomic E-state index is -2.18. The van der Waals surface area contributed by atoms with Gasteiger partial charge < -0.3 is 13.6 Å². The average molecular weight is 240 g/mol. The molecule has 0 aliphatic rings. The number of benzene rings is 1. The fraction of sp³-hybridized carbons (Fsp3) is 0.500. The zero-order chi connectivity index (χ0) is 12.0. The lowest BCUT2D eigenvalue weighted by molar-refractivity contribution is 0.265. The van der Waals surface area contributed by atoms with Crippen molar-refractivity contribution >= 4 is 13.7 Å². The molecule has 0 heterocycles. The minimum Gasteiger partial charge on any atom is -0.494 e. The Balaban J connectivity index is 2.77. The van der Waals surface area contributed by atoms with Crippen molar-refractivity contribution in [3.63, 3.8) is 0 Å². The molecular weight excluding hydrogens is 220 g/mol. The molecule has 90 valence electrons. The molecule has 0 N–H and O–H groups in total. The quantitative estimate of drug-likeness (QED) is 0.712. The molecule has 3 nitrogen and oxygen atoms in total. The zero-order valence-corrected chi connectivity index (χ0v) is 11.4. The van der Waals surface area contributed by atoms with Gasteiger partial charge in [0.1, 0.15) is 5.75 Å². The topological polar surface area (TPSA) is 27.7 Å². The predicted molar refractivity (Wildman–Crippen MR) is 67.5 cm³/mol. The van der Waals surface area contributed by atoms with Crippen LogP contribution in [0.1, 0.15) is 13.3 Å². The normalized spacial score (nSPS) is 11.5. The molecule has 0 spiro atoms. The van der Waals surface area contributed by atoms with E-state index in [1.807, 2.05) is 30.8 Å². The van der Waals surface area contributed by atoms with Crippen LogP contribution in [0.25, 0.3) is 0 Å². The van der Waals surface area contributed by atoms with Crippen molar-refractivity contribution in [2.45, 2.75) is 19.9 Å². The summed E-state index contributed by atoms with van der Waals surface area (Å²) in [5.74, 6) is 0.897. The van der Waals surface area contributed by atoms with Crippen molar-refractivity contribution in [2.24, 2.45) is 0 Å². The van der Waals surface area contributed by atoms with E-state index < -0.39 is 8.56 Å². The molecule has 0 saturated heterocycles. The predicted octanol–water partition coefficient (Wildman–Crippen LogP) is 2.05. The average Bonchev–Trinajstić information content (AvgIpc) is 2.36. The third-order valence-electron chi connectivity index (χ3n) is 2.63. The summed E-state index contributed by atoms with van der Waals surface area (Å²) in [6.45, 7) is 4.87. The summed E-state index contributed by atoms with van der Waals surface area (Å²) >= 11 is 0. The van der Waals surface area contributed by atoms with E-state index >= 15 is 0 Å². The van der Waals surface area contributed by atoms with Crippen molar-refractivity contribution in [2.75, 3.05) is 20.8 Å². The van der Waals surface area contributed by atoms with Gasteiger partial charge in [-0.15, -0.1) is 0 Å². The molecule has 0 bridgehead atoms. The Bertz CT molecular complexity index is 307. The third-order valence-corrected chi connectivity index (χ3v) is 5.57. The second kappa shape index (κ2) is 6.03.